The fourth-order valence-corrected chi connectivity index (χ4v) is 2.84. The minimum atomic E-state index is -0.839. The van der Waals surface area contributed by atoms with Crippen LogP contribution in [0.15, 0.2) is 0 Å². The van der Waals surface area contributed by atoms with Crippen LogP contribution in [0.3, 0.4) is 0 Å². The van der Waals surface area contributed by atoms with Crippen molar-refractivity contribution >= 4 is 17.9 Å². The van der Waals surface area contributed by atoms with Gasteiger partial charge in [0.2, 0.25) is 5.91 Å². The van der Waals surface area contributed by atoms with Gasteiger partial charge in [-0.2, -0.15) is 0 Å². The van der Waals surface area contributed by atoms with Crippen LogP contribution >= 0.6 is 0 Å². The Bertz CT molecular complexity index is 414. The third-order valence-electron chi connectivity index (χ3n) is 4.09. The maximum atomic E-state index is 12.2. The number of hydrogen-bond acceptors (Lipinski definition) is 3. The third kappa shape index (κ3) is 4.09. The molecule has 0 aromatic carbocycles. The van der Waals surface area contributed by atoms with Gasteiger partial charge in [-0.1, -0.05) is 0 Å². The van der Waals surface area contributed by atoms with Gasteiger partial charge >= 0.3 is 12.0 Å². The molecule has 1 atom stereocenters. The number of aliphatic carboxylic acids is 1. The highest BCUT2D eigenvalue weighted by Gasteiger charge is 2.33. The van der Waals surface area contributed by atoms with Crippen molar-refractivity contribution in [3.8, 4) is 0 Å². The largest absolute Gasteiger partial charge is 0.481 e. The molecule has 0 bridgehead atoms. The van der Waals surface area contributed by atoms with Gasteiger partial charge in [0, 0.05) is 32.1 Å². The third-order valence-corrected chi connectivity index (χ3v) is 4.09. The van der Waals surface area contributed by atoms with E-state index >= 15 is 0 Å². The Kier molecular flexibility index (Phi) is 5.03. The van der Waals surface area contributed by atoms with Crippen LogP contribution in [0.4, 0.5) is 4.79 Å². The molecule has 2 heterocycles. The Labute approximate surface area is 124 Å². The topological polar surface area (TPSA) is 90.0 Å². The number of rotatable bonds is 4. The minimum Gasteiger partial charge on any atom is -0.481 e. The molecule has 0 aliphatic carbocycles. The van der Waals surface area contributed by atoms with Crippen molar-refractivity contribution in [2.24, 2.45) is 5.92 Å². The van der Waals surface area contributed by atoms with Crippen molar-refractivity contribution in [3.63, 3.8) is 0 Å². The van der Waals surface area contributed by atoms with Gasteiger partial charge in [-0.15, -0.1) is 0 Å². The first-order chi connectivity index (χ1) is 9.97. The molecule has 7 nitrogen and oxygen atoms in total. The van der Waals surface area contributed by atoms with Gasteiger partial charge in [0.15, 0.2) is 0 Å². The fraction of sp³-hybridized carbons (Fsp3) is 0.786. The summed E-state index contributed by atoms with van der Waals surface area (Å²) in [6.45, 7) is 4.13. The number of carboxylic acid groups (broad SMARTS) is 1. The molecule has 3 amide bonds. The van der Waals surface area contributed by atoms with Crippen molar-refractivity contribution in [1.82, 2.24) is 15.1 Å². The number of urea groups is 1. The molecule has 0 radical (unpaired) electrons. The number of amides is 3. The molecule has 2 aliphatic heterocycles. The number of carboxylic acids is 1. The summed E-state index contributed by atoms with van der Waals surface area (Å²) in [5.41, 5.74) is 0. The first-order valence-corrected chi connectivity index (χ1v) is 7.53. The summed E-state index contributed by atoms with van der Waals surface area (Å²) in [5.74, 6) is -0.847. The lowest BCUT2D eigenvalue weighted by Gasteiger charge is -2.39. The van der Waals surface area contributed by atoms with E-state index in [-0.39, 0.29) is 24.3 Å². The summed E-state index contributed by atoms with van der Waals surface area (Å²) >= 11 is 0. The van der Waals surface area contributed by atoms with E-state index in [0.717, 1.165) is 32.4 Å². The SMILES string of the molecule is CC(NC(=O)N1CC(CC(=O)O)C1)C(=O)N1CCCCC1. The van der Waals surface area contributed by atoms with Crippen LogP contribution in [0.25, 0.3) is 0 Å². The second-order valence-corrected chi connectivity index (χ2v) is 5.93. The molecule has 2 aliphatic rings. The predicted molar refractivity (Wildman–Crippen MR) is 75.7 cm³/mol. The van der Waals surface area contributed by atoms with E-state index in [1.165, 1.54) is 0 Å². The quantitative estimate of drug-likeness (QED) is 0.791. The highest BCUT2D eigenvalue weighted by molar-refractivity contribution is 5.87. The summed E-state index contributed by atoms with van der Waals surface area (Å²) in [7, 11) is 0. The van der Waals surface area contributed by atoms with Crippen molar-refractivity contribution in [2.75, 3.05) is 26.2 Å². The molecule has 7 heteroatoms. The molecule has 118 valence electrons. The van der Waals surface area contributed by atoms with Crippen LogP contribution in [0.2, 0.25) is 0 Å². The summed E-state index contributed by atoms with van der Waals surface area (Å²) in [4.78, 5) is 38.0. The molecule has 0 spiro atoms. The number of carbonyl (C=O) groups is 3. The Morgan fingerprint density at radius 3 is 2.33 bits per heavy atom. The van der Waals surface area contributed by atoms with Gasteiger partial charge in [-0.3, -0.25) is 9.59 Å². The average molecular weight is 297 g/mol. The first kappa shape index (κ1) is 15.6. The summed E-state index contributed by atoms with van der Waals surface area (Å²) in [6.07, 6.45) is 3.29. The smallest absolute Gasteiger partial charge is 0.318 e. The monoisotopic (exact) mass is 297 g/mol. The zero-order valence-corrected chi connectivity index (χ0v) is 12.4. The van der Waals surface area contributed by atoms with Crippen LogP contribution in [-0.2, 0) is 9.59 Å². The minimum absolute atomic E-state index is 0.0290. The van der Waals surface area contributed by atoms with Crippen LogP contribution in [0.1, 0.15) is 32.6 Å². The molecule has 2 fully saturated rings. The zero-order chi connectivity index (χ0) is 15.4. The highest BCUT2D eigenvalue weighted by atomic mass is 16.4. The molecule has 21 heavy (non-hydrogen) atoms. The number of carbonyl (C=O) groups excluding carboxylic acids is 2. The van der Waals surface area contributed by atoms with Gasteiger partial charge in [0.25, 0.3) is 0 Å². The average Bonchev–Trinajstić information content (AvgIpc) is 2.42. The van der Waals surface area contributed by atoms with Crippen molar-refractivity contribution in [2.45, 2.75) is 38.6 Å². The second kappa shape index (κ2) is 6.78. The Morgan fingerprint density at radius 1 is 1.14 bits per heavy atom. The van der Waals surface area contributed by atoms with Crippen molar-refractivity contribution in [1.29, 1.82) is 0 Å². The van der Waals surface area contributed by atoms with Crippen molar-refractivity contribution < 1.29 is 19.5 Å². The maximum absolute atomic E-state index is 12.2. The molecule has 0 aromatic rings. The number of nitrogens with one attached hydrogen (secondary N) is 1. The molecule has 0 saturated carbocycles. The van der Waals surface area contributed by atoms with Crippen LogP contribution in [0.5, 0.6) is 0 Å². The summed E-state index contributed by atoms with van der Waals surface area (Å²) < 4.78 is 0. The van der Waals surface area contributed by atoms with E-state index in [9.17, 15) is 14.4 Å². The Hall–Kier alpha value is -1.79. The summed E-state index contributed by atoms with van der Waals surface area (Å²) in [5, 5.41) is 11.4. The van der Waals surface area contributed by atoms with E-state index in [4.69, 9.17) is 5.11 Å². The van der Waals surface area contributed by atoms with Gasteiger partial charge in [-0.25, -0.2) is 4.79 Å². The lowest BCUT2D eigenvalue weighted by Crippen LogP contribution is -2.58. The Morgan fingerprint density at radius 2 is 1.76 bits per heavy atom. The molecule has 0 aromatic heterocycles. The predicted octanol–water partition coefficient (Wildman–Crippen LogP) is 0.504. The van der Waals surface area contributed by atoms with E-state index in [0.29, 0.717) is 13.1 Å². The van der Waals surface area contributed by atoms with E-state index in [2.05, 4.69) is 5.32 Å². The van der Waals surface area contributed by atoms with E-state index in [1.54, 1.807) is 16.7 Å². The first-order valence-electron chi connectivity index (χ1n) is 7.53. The van der Waals surface area contributed by atoms with Gasteiger partial charge in [0.05, 0.1) is 6.42 Å². The lowest BCUT2D eigenvalue weighted by molar-refractivity contribution is -0.139. The van der Waals surface area contributed by atoms with E-state index in [1.807, 2.05) is 0 Å². The Balaban J connectivity index is 1.72. The van der Waals surface area contributed by atoms with Gasteiger partial charge in [0.1, 0.15) is 6.04 Å². The highest BCUT2D eigenvalue weighted by Crippen LogP contribution is 2.19. The van der Waals surface area contributed by atoms with E-state index < -0.39 is 12.0 Å². The molecule has 1 unspecified atom stereocenters. The molecule has 2 rings (SSSR count). The number of piperidine rings is 1. The van der Waals surface area contributed by atoms with Gasteiger partial charge in [-0.05, 0) is 26.2 Å². The lowest BCUT2D eigenvalue weighted by atomic mass is 9.97. The molecule has 2 saturated heterocycles. The summed E-state index contributed by atoms with van der Waals surface area (Å²) in [6, 6.07) is -0.816. The fourth-order valence-electron chi connectivity index (χ4n) is 2.84. The number of likely N-dealkylation sites (tertiary alicyclic amines) is 2. The molecular weight excluding hydrogens is 274 g/mol. The maximum Gasteiger partial charge on any atom is 0.318 e. The van der Waals surface area contributed by atoms with Crippen LogP contribution < -0.4 is 5.32 Å². The van der Waals surface area contributed by atoms with Crippen LogP contribution in [-0.4, -0.2) is 65.0 Å². The zero-order valence-electron chi connectivity index (χ0n) is 12.4. The van der Waals surface area contributed by atoms with Crippen molar-refractivity contribution in [3.05, 3.63) is 0 Å². The van der Waals surface area contributed by atoms with Gasteiger partial charge < -0.3 is 20.2 Å². The normalized spacial score (nSPS) is 20.6. The van der Waals surface area contributed by atoms with Crippen LogP contribution in [0, 0.1) is 5.92 Å². The standard InChI is InChI=1S/C14H23N3O4/c1-10(13(20)16-5-3-2-4-6-16)15-14(21)17-8-11(9-17)7-12(18)19/h10-11H,2-9H2,1H3,(H,15,21)(H,18,19). The number of nitrogens with zero attached hydrogens (tertiary/aromatic N) is 2. The number of hydrogen-bond donors (Lipinski definition) is 2. The molecule has 2 N–H and O–H groups in total. The molecular formula is C14H23N3O4. The second-order valence-electron chi connectivity index (χ2n) is 5.93.